The maximum atomic E-state index is 12.4. The molecule has 0 radical (unpaired) electrons. The maximum absolute atomic E-state index is 12.4. The predicted molar refractivity (Wildman–Crippen MR) is 94.9 cm³/mol. The third-order valence-corrected chi connectivity index (χ3v) is 4.27. The van der Waals surface area contributed by atoms with Crippen LogP contribution >= 0.6 is 0 Å². The van der Waals surface area contributed by atoms with Crippen LogP contribution in [0.1, 0.15) is 40.0 Å². The summed E-state index contributed by atoms with van der Waals surface area (Å²) in [5.41, 5.74) is 3.04. The molecule has 0 aromatic heterocycles. The van der Waals surface area contributed by atoms with Crippen molar-refractivity contribution in [2.75, 3.05) is 31.6 Å². The summed E-state index contributed by atoms with van der Waals surface area (Å²) in [6.07, 6.45) is 2.54. The van der Waals surface area contributed by atoms with Crippen LogP contribution in [0.4, 0.5) is 5.69 Å². The van der Waals surface area contributed by atoms with Gasteiger partial charge < -0.3 is 10.1 Å². The first-order valence-electron chi connectivity index (χ1n) is 8.65. The highest BCUT2D eigenvalue weighted by Crippen LogP contribution is 2.25. The third-order valence-electron chi connectivity index (χ3n) is 4.27. The normalized spacial score (nSPS) is 15.2. The molecule has 23 heavy (non-hydrogen) atoms. The van der Waals surface area contributed by atoms with E-state index in [1.165, 1.54) is 0 Å². The number of ether oxygens (including phenoxy) is 1. The number of anilines is 1. The fourth-order valence-corrected chi connectivity index (χ4v) is 2.86. The van der Waals surface area contributed by atoms with E-state index in [-0.39, 0.29) is 5.78 Å². The Bertz CT molecular complexity index is 545. The standard InChI is InChI=1S/C19H28N2O2/c1-4-21(5-2)14-17-18(8-7-9-19(17)22)20-15-10-12-16(13-11-15)23-6-3/h10-13,20H,4-9,14H2,1-3H3. The van der Waals surface area contributed by atoms with Crippen molar-refractivity contribution in [2.45, 2.75) is 40.0 Å². The Morgan fingerprint density at radius 3 is 2.39 bits per heavy atom. The lowest BCUT2D eigenvalue weighted by Gasteiger charge is -2.25. The van der Waals surface area contributed by atoms with Gasteiger partial charge in [-0.25, -0.2) is 0 Å². The fourth-order valence-electron chi connectivity index (χ4n) is 2.86. The number of allylic oxidation sites excluding steroid dienone is 1. The summed E-state index contributed by atoms with van der Waals surface area (Å²) in [7, 11) is 0. The van der Waals surface area contributed by atoms with Crippen LogP contribution in [-0.2, 0) is 4.79 Å². The fraction of sp³-hybridized carbons (Fsp3) is 0.526. The molecule has 0 aliphatic heterocycles. The van der Waals surface area contributed by atoms with Crippen LogP contribution in [0.25, 0.3) is 0 Å². The summed E-state index contributed by atoms with van der Waals surface area (Å²) < 4.78 is 5.47. The zero-order valence-corrected chi connectivity index (χ0v) is 14.5. The third kappa shape index (κ3) is 4.83. The van der Waals surface area contributed by atoms with Crippen molar-refractivity contribution < 1.29 is 9.53 Å². The molecule has 1 aromatic carbocycles. The minimum Gasteiger partial charge on any atom is -0.494 e. The van der Waals surface area contributed by atoms with Gasteiger partial charge in [0, 0.05) is 29.9 Å². The van der Waals surface area contributed by atoms with Crippen molar-refractivity contribution in [1.82, 2.24) is 4.90 Å². The molecule has 0 fully saturated rings. The van der Waals surface area contributed by atoms with Crippen LogP contribution in [0, 0.1) is 0 Å². The number of rotatable bonds is 8. The Kier molecular flexibility index (Phi) is 6.66. The van der Waals surface area contributed by atoms with Crippen LogP contribution in [-0.4, -0.2) is 36.9 Å². The summed E-state index contributed by atoms with van der Waals surface area (Å²) in [6, 6.07) is 7.93. The van der Waals surface area contributed by atoms with E-state index >= 15 is 0 Å². The van der Waals surface area contributed by atoms with Crippen LogP contribution in [0.15, 0.2) is 35.5 Å². The van der Waals surface area contributed by atoms with E-state index in [1.54, 1.807) is 0 Å². The van der Waals surface area contributed by atoms with Crippen molar-refractivity contribution in [3.8, 4) is 5.75 Å². The zero-order chi connectivity index (χ0) is 16.7. The summed E-state index contributed by atoms with van der Waals surface area (Å²) in [5.74, 6) is 1.16. The molecule has 4 heteroatoms. The van der Waals surface area contributed by atoms with E-state index in [9.17, 15) is 4.79 Å². The van der Waals surface area contributed by atoms with Crippen LogP contribution < -0.4 is 10.1 Å². The summed E-state index contributed by atoms with van der Waals surface area (Å²) in [6.45, 7) is 9.58. The minimum absolute atomic E-state index is 0.289. The number of carbonyl (C=O) groups excluding carboxylic acids is 1. The highest BCUT2D eigenvalue weighted by Gasteiger charge is 2.22. The van der Waals surface area contributed by atoms with Gasteiger partial charge in [0.05, 0.1) is 6.61 Å². The van der Waals surface area contributed by atoms with E-state index in [0.717, 1.165) is 55.2 Å². The molecule has 2 rings (SSSR count). The molecule has 0 spiro atoms. The molecule has 0 heterocycles. The minimum atomic E-state index is 0.289. The molecular formula is C19H28N2O2. The maximum Gasteiger partial charge on any atom is 0.161 e. The molecule has 1 N–H and O–H groups in total. The average Bonchev–Trinajstić information content (AvgIpc) is 2.57. The average molecular weight is 316 g/mol. The molecule has 0 saturated carbocycles. The van der Waals surface area contributed by atoms with Gasteiger partial charge in [0.1, 0.15) is 5.75 Å². The summed E-state index contributed by atoms with van der Waals surface area (Å²) in [4.78, 5) is 14.6. The van der Waals surface area contributed by atoms with Crippen molar-refractivity contribution in [2.24, 2.45) is 0 Å². The van der Waals surface area contributed by atoms with Crippen molar-refractivity contribution in [1.29, 1.82) is 0 Å². The molecule has 0 amide bonds. The number of nitrogens with one attached hydrogen (secondary N) is 1. The van der Waals surface area contributed by atoms with Gasteiger partial charge in [-0.05, 0) is 57.1 Å². The molecule has 1 aromatic rings. The molecule has 0 saturated heterocycles. The molecule has 0 unspecified atom stereocenters. The topological polar surface area (TPSA) is 41.6 Å². The van der Waals surface area contributed by atoms with Gasteiger partial charge in [-0.1, -0.05) is 13.8 Å². The van der Waals surface area contributed by atoms with Gasteiger partial charge in [-0.2, -0.15) is 0 Å². The highest BCUT2D eigenvalue weighted by molar-refractivity contribution is 5.97. The largest absolute Gasteiger partial charge is 0.494 e. The van der Waals surface area contributed by atoms with E-state index in [1.807, 2.05) is 31.2 Å². The van der Waals surface area contributed by atoms with E-state index in [2.05, 4.69) is 24.1 Å². The quantitative estimate of drug-likeness (QED) is 0.791. The van der Waals surface area contributed by atoms with Crippen molar-refractivity contribution in [3.05, 3.63) is 35.5 Å². The Labute approximate surface area is 139 Å². The number of nitrogens with zero attached hydrogens (tertiary/aromatic N) is 1. The van der Waals surface area contributed by atoms with E-state index in [4.69, 9.17) is 4.74 Å². The first kappa shape index (κ1) is 17.5. The second kappa shape index (κ2) is 8.73. The lowest BCUT2D eigenvalue weighted by molar-refractivity contribution is -0.116. The monoisotopic (exact) mass is 316 g/mol. The Morgan fingerprint density at radius 2 is 1.78 bits per heavy atom. The van der Waals surface area contributed by atoms with Gasteiger partial charge >= 0.3 is 0 Å². The number of likely N-dealkylation sites (N-methyl/N-ethyl adjacent to an activating group) is 1. The van der Waals surface area contributed by atoms with E-state index in [0.29, 0.717) is 13.0 Å². The molecule has 1 aliphatic rings. The lowest BCUT2D eigenvalue weighted by Crippen LogP contribution is -2.30. The number of Topliss-reactive ketones (excluding diaryl/α,β-unsaturated/α-hetero) is 1. The number of benzene rings is 1. The zero-order valence-electron chi connectivity index (χ0n) is 14.5. The van der Waals surface area contributed by atoms with Crippen LogP contribution in [0.2, 0.25) is 0 Å². The van der Waals surface area contributed by atoms with Crippen molar-refractivity contribution in [3.63, 3.8) is 0 Å². The smallest absolute Gasteiger partial charge is 0.161 e. The molecule has 0 atom stereocenters. The summed E-state index contributed by atoms with van der Waals surface area (Å²) in [5, 5.41) is 3.46. The predicted octanol–water partition coefficient (Wildman–Crippen LogP) is 3.85. The second-order valence-corrected chi connectivity index (χ2v) is 5.78. The van der Waals surface area contributed by atoms with E-state index < -0.39 is 0 Å². The molecule has 126 valence electrons. The first-order chi connectivity index (χ1) is 11.2. The first-order valence-corrected chi connectivity index (χ1v) is 8.65. The van der Waals surface area contributed by atoms with Crippen molar-refractivity contribution >= 4 is 11.5 Å². The highest BCUT2D eigenvalue weighted by atomic mass is 16.5. The van der Waals surface area contributed by atoms with Gasteiger partial charge in [-0.3, -0.25) is 9.69 Å². The number of hydrogen-bond acceptors (Lipinski definition) is 4. The molecule has 4 nitrogen and oxygen atoms in total. The van der Waals surface area contributed by atoms with Gasteiger partial charge in [-0.15, -0.1) is 0 Å². The lowest BCUT2D eigenvalue weighted by atomic mass is 9.94. The summed E-state index contributed by atoms with van der Waals surface area (Å²) >= 11 is 0. The van der Waals surface area contributed by atoms with Gasteiger partial charge in [0.25, 0.3) is 0 Å². The molecular weight excluding hydrogens is 288 g/mol. The Morgan fingerprint density at radius 1 is 1.09 bits per heavy atom. The van der Waals surface area contributed by atoms with Crippen LogP contribution in [0.3, 0.4) is 0 Å². The number of carbonyl (C=O) groups is 1. The second-order valence-electron chi connectivity index (χ2n) is 5.78. The molecule has 0 bridgehead atoms. The number of hydrogen-bond donors (Lipinski definition) is 1. The Hall–Kier alpha value is -1.81. The van der Waals surface area contributed by atoms with Crippen LogP contribution in [0.5, 0.6) is 5.75 Å². The number of ketones is 1. The van der Waals surface area contributed by atoms with Gasteiger partial charge in [0.15, 0.2) is 5.78 Å². The molecule has 1 aliphatic carbocycles. The SMILES string of the molecule is CCOc1ccc(NC2=C(CN(CC)CC)C(=O)CCC2)cc1. The van der Waals surface area contributed by atoms with Gasteiger partial charge in [0.2, 0.25) is 0 Å². The Balaban J connectivity index is 2.16.